The molecule has 6 aromatic rings. The maximum absolute atomic E-state index is 12.8. The molecule has 7 nitrogen and oxygen atoms in total. The van der Waals surface area contributed by atoms with Crippen LogP contribution in [0.5, 0.6) is 0 Å². The molecule has 0 bridgehead atoms. The molecule has 0 spiro atoms. The first-order chi connectivity index (χ1) is 24.5. The number of benzene rings is 5. The molecule has 50 heavy (non-hydrogen) atoms. The molecular formula is C43H42N6O. The smallest absolute Gasteiger partial charge is 0.250 e. The fraction of sp³-hybridized carbons (Fsp3) is 0.209. The van der Waals surface area contributed by atoms with E-state index in [1.54, 1.807) is 0 Å². The van der Waals surface area contributed by atoms with Crippen molar-refractivity contribution in [1.29, 1.82) is 0 Å². The molecule has 0 saturated heterocycles. The normalized spacial score (nSPS) is 14.9. The van der Waals surface area contributed by atoms with Crippen molar-refractivity contribution in [2.45, 2.75) is 58.3 Å². The first-order valence-corrected chi connectivity index (χ1v) is 17.4. The number of amides is 1. The summed E-state index contributed by atoms with van der Waals surface area (Å²) < 4.78 is 2.00. The number of tetrazole rings is 1. The molecule has 1 amide bonds. The van der Waals surface area contributed by atoms with Crippen LogP contribution < -0.4 is 5.32 Å². The molecule has 7 heteroatoms. The Hall–Kier alpha value is -5.82. The van der Waals surface area contributed by atoms with Crippen molar-refractivity contribution in [3.8, 4) is 22.5 Å². The van der Waals surface area contributed by atoms with E-state index in [1.807, 2.05) is 35.9 Å². The molecule has 2 heterocycles. The van der Waals surface area contributed by atoms with E-state index in [0.717, 1.165) is 69.5 Å². The summed E-state index contributed by atoms with van der Waals surface area (Å²) in [6, 6.07) is 48.4. The Labute approximate surface area is 294 Å². The molecule has 1 aliphatic heterocycles. The number of nitrogens with one attached hydrogen (secondary N) is 1. The van der Waals surface area contributed by atoms with Crippen molar-refractivity contribution < 1.29 is 4.79 Å². The quantitative estimate of drug-likeness (QED) is 0.141. The number of hydrogen-bond donors (Lipinski definition) is 1. The van der Waals surface area contributed by atoms with Gasteiger partial charge >= 0.3 is 0 Å². The van der Waals surface area contributed by atoms with E-state index >= 15 is 0 Å². The van der Waals surface area contributed by atoms with Crippen LogP contribution in [0.3, 0.4) is 0 Å². The third-order valence-corrected chi connectivity index (χ3v) is 9.94. The van der Waals surface area contributed by atoms with Crippen molar-refractivity contribution in [2.24, 2.45) is 0 Å². The molecule has 0 radical (unpaired) electrons. The van der Waals surface area contributed by atoms with Gasteiger partial charge in [0.15, 0.2) is 5.82 Å². The Morgan fingerprint density at radius 2 is 1.28 bits per heavy atom. The van der Waals surface area contributed by atoms with Gasteiger partial charge in [0.1, 0.15) is 11.7 Å². The zero-order valence-corrected chi connectivity index (χ0v) is 28.8. The standard InChI is InChI=1S/C43H42N6O/c1-4-5-26-40-44-42(50)31(2)32(3)48(40)30-33-27-28-38(34-18-10-6-11-19-34)39(29-33)41-45-46-47-49(41)43(35-20-12-7-13-21-35,36-22-14-8-15-23-36)37-24-16-9-17-25-37/h6-25,27-29,40H,4-5,26,30H2,1-3H3,(H,44,50). The van der Waals surface area contributed by atoms with Crippen LogP contribution in [-0.4, -0.2) is 37.2 Å². The van der Waals surface area contributed by atoms with Crippen molar-refractivity contribution in [3.63, 3.8) is 0 Å². The second kappa shape index (κ2) is 14.3. The van der Waals surface area contributed by atoms with E-state index in [4.69, 9.17) is 10.3 Å². The molecule has 1 aliphatic rings. The van der Waals surface area contributed by atoms with Gasteiger partial charge in [-0.25, -0.2) is 4.68 Å². The Morgan fingerprint density at radius 3 is 1.84 bits per heavy atom. The summed E-state index contributed by atoms with van der Waals surface area (Å²) in [5.41, 5.74) is 8.14. The Balaban J connectivity index is 1.46. The number of carbonyl (C=O) groups excluding carboxylic acids is 1. The summed E-state index contributed by atoms with van der Waals surface area (Å²) in [6.07, 6.45) is 2.90. The minimum absolute atomic E-state index is 0.0122. The minimum atomic E-state index is -0.884. The first kappa shape index (κ1) is 32.7. The third-order valence-electron chi connectivity index (χ3n) is 9.94. The van der Waals surface area contributed by atoms with Crippen molar-refractivity contribution in [3.05, 3.63) is 173 Å². The van der Waals surface area contributed by atoms with Gasteiger partial charge in [-0.05, 0) is 76.6 Å². The highest BCUT2D eigenvalue weighted by Gasteiger charge is 2.42. The molecule has 250 valence electrons. The van der Waals surface area contributed by atoms with Crippen LogP contribution in [-0.2, 0) is 16.9 Å². The minimum Gasteiger partial charge on any atom is -0.350 e. The third kappa shape index (κ3) is 6.00. The zero-order valence-electron chi connectivity index (χ0n) is 28.8. The molecule has 0 fully saturated rings. The fourth-order valence-corrected chi connectivity index (χ4v) is 7.23. The molecule has 0 aliphatic carbocycles. The van der Waals surface area contributed by atoms with Gasteiger partial charge in [-0.1, -0.05) is 147 Å². The second-order valence-electron chi connectivity index (χ2n) is 12.9. The van der Waals surface area contributed by atoms with Gasteiger partial charge in [0.25, 0.3) is 0 Å². The van der Waals surface area contributed by atoms with Gasteiger partial charge < -0.3 is 10.2 Å². The van der Waals surface area contributed by atoms with E-state index in [-0.39, 0.29) is 12.1 Å². The monoisotopic (exact) mass is 658 g/mol. The highest BCUT2D eigenvalue weighted by atomic mass is 16.2. The average molecular weight is 659 g/mol. The lowest BCUT2D eigenvalue weighted by molar-refractivity contribution is -0.120. The Kier molecular flexibility index (Phi) is 9.39. The lowest BCUT2D eigenvalue weighted by Crippen LogP contribution is -2.51. The first-order valence-electron chi connectivity index (χ1n) is 17.4. The number of nitrogens with zero attached hydrogens (tertiary/aromatic N) is 5. The summed E-state index contributed by atoms with van der Waals surface area (Å²) in [6.45, 7) is 6.77. The summed E-state index contributed by atoms with van der Waals surface area (Å²) in [5, 5.41) is 17.3. The molecular weight excluding hydrogens is 617 g/mol. The molecule has 7 rings (SSSR count). The zero-order chi connectivity index (χ0) is 34.5. The van der Waals surface area contributed by atoms with E-state index < -0.39 is 5.54 Å². The van der Waals surface area contributed by atoms with Crippen molar-refractivity contribution in [1.82, 2.24) is 30.4 Å². The Bertz CT molecular complexity index is 1990. The number of carbonyl (C=O) groups is 1. The second-order valence-corrected chi connectivity index (χ2v) is 12.9. The SMILES string of the molecule is CCCCC1NC(=O)C(C)=C(C)N1Cc1ccc(-c2ccccc2)c(-c2nnnn2C(c2ccccc2)(c2ccccc2)c2ccccc2)c1. The predicted molar refractivity (Wildman–Crippen MR) is 199 cm³/mol. The van der Waals surface area contributed by atoms with Gasteiger partial charge in [-0.15, -0.1) is 5.10 Å². The number of unbranched alkanes of at least 4 members (excludes halogenated alkanes) is 1. The molecule has 5 aromatic carbocycles. The maximum Gasteiger partial charge on any atom is 0.250 e. The van der Waals surface area contributed by atoms with Gasteiger partial charge in [0, 0.05) is 23.4 Å². The van der Waals surface area contributed by atoms with Gasteiger partial charge in [-0.2, -0.15) is 0 Å². The van der Waals surface area contributed by atoms with E-state index in [1.165, 1.54) is 0 Å². The van der Waals surface area contributed by atoms with Crippen LogP contribution in [0.1, 0.15) is 62.3 Å². The van der Waals surface area contributed by atoms with Crippen LogP contribution in [0.4, 0.5) is 0 Å². The number of hydrogen-bond acceptors (Lipinski definition) is 5. The van der Waals surface area contributed by atoms with E-state index in [2.05, 4.69) is 145 Å². The van der Waals surface area contributed by atoms with Crippen molar-refractivity contribution in [2.75, 3.05) is 0 Å². The topological polar surface area (TPSA) is 75.9 Å². The highest BCUT2D eigenvalue weighted by Crippen LogP contribution is 2.43. The van der Waals surface area contributed by atoms with Crippen LogP contribution in [0.2, 0.25) is 0 Å². The molecule has 1 atom stereocenters. The van der Waals surface area contributed by atoms with Gasteiger partial charge in [-0.3, -0.25) is 4.79 Å². The van der Waals surface area contributed by atoms with E-state index in [0.29, 0.717) is 12.4 Å². The van der Waals surface area contributed by atoms with Crippen LogP contribution in [0.15, 0.2) is 151 Å². The molecule has 1 N–H and O–H groups in total. The molecule has 0 saturated carbocycles. The summed E-state index contributed by atoms with van der Waals surface area (Å²) in [5.74, 6) is 0.665. The number of aromatic nitrogens is 4. The van der Waals surface area contributed by atoms with Crippen LogP contribution in [0.25, 0.3) is 22.5 Å². The van der Waals surface area contributed by atoms with Crippen molar-refractivity contribution >= 4 is 5.91 Å². The molecule has 1 aromatic heterocycles. The van der Waals surface area contributed by atoms with Crippen LogP contribution in [0, 0.1) is 0 Å². The summed E-state index contributed by atoms with van der Waals surface area (Å²) in [7, 11) is 0. The number of rotatable bonds is 11. The van der Waals surface area contributed by atoms with Gasteiger partial charge in [0.2, 0.25) is 5.91 Å². The lowest BCUT2D eigenvalue weighted by atomic mass is 9.77. The largest absolute Gasteiger partial charge is 0.350 e. The van der Waals surface area contributed by atoms with Gasteiger partial charge in [0.05, 0.1) is 0 Å². The highest BCUT2D eigenvalue weighted by molar-refractivity contribution is 5.94. The van der Waals surface area contributed by atoms with Crippen LogP contribution >= 0.6 is 0 Å². The maximum atomic E-state index is 12.8. The fourth-order valence-electron chi connectivity index (χ4n) is 7.23. The number of allylic oxidation sites excluding steroid dienone is 1. The molecule has 1 unspecified atom stereocenters. The Morgan fingerprint density at radius 1 is 0.720 bits per heavy atom. The lowest BCUT2D eigenvalue weighted by Gasteiger charge is -2.39. The summed E-state index contributed by atoms with van der Waals surface area (Å²) in [4.78, 5) is 15.2. The van der Waals surface area contributed by atoms with E-state index in [9.17, 15) is 4.79 Å². The summed E-state index contributed by atoms with van der Waals surface area (Å²) >= 11 is 0. The average Bonchev–Trinajstić information content (AvgIpc) is 3.66. The predicted octanol–water partition coefficient (Wildman–Crippen LogP) is 8.59.